The molecule has 0 saturated heterocycles. The number of esters is 1. The van der Waals surface area contributed by atoms with E-state index in [4.69, 9.17) is 4.74 Å². The van der Waals surface area contributed by atoms with Gasteiger partial charge in [-0.1, -0.05) is 43.7 Å². The van der Waals surface area contributed by atoms with Crippen molar-refractivity contribution in [2.24, 2.45) is 0 Å². The van der Waals surface area contributed by atoms with Gasteiger partial charge in [-0.25, -0.2) is 0 Å². The minimum absolute atomic E-state index is 0.152. The number of nitrogens with one attached hydrogen (secondary N) is 1. The molecule has 0 radical (unpaired) electrons. The minimum atomic E-state index is -0.152. The Morgan fingerprint density at radius 2 is 2.00 bits per heavy atom. The first-order chi connectivity index (χ1) is 10.2. The fourth-order valence-electron chi connectivity index (χ4n) is 2.02. The molecule has 4 heteroatoms. The van der Waals surface area contributed by atoms with Crippen LogP contribution in [0, 0.1) is 0 Å². The van der Waals surface area contributed by atoms with Gasteiger partial charge in [0.2, 0.25) is 0 Å². The summed E-state index contributed by atoms with van der Waals surface area (Å²) in [4.78, 5) is 13.6. The van der Waals surface area contributed by atoms with E-state index in [1.54, 1.807) is 0 Å². The SMILES string of the molecule is CCCCOC(=O)CNCCCN(C)Cc1ccccc1. The fourth-order valence-corrected chi connectivity index (χ4v) is 2.02. The van der Waals surface area contributed by atoms with Crippen LogP contribution >= 0.6 is 0 Å². The Morgan fingerprint density at radius 3 is 2.71 bits per heavy atom. The molecule has 0 aliphatic carbocycles. The molecule has 1 aromatic carbocycles. The molecule has 0 fully saturated rings. The Labute approximate surface area is 128 Å². The molecule has 0 aromatic heterocycles. The second-order valence-corrected chi connectivity index (χ2v) is 5.33. The van der Waals surface area contributed by atoms with E-state index >= 15 is 0 Å². The lowest BCUT2D eigenvalue weighted by molar-refractivity contribution is -0.142. The first-order valence-electron chi connectivity index (χ1n) is 7.81. The van der Waals surface area contributed by atoms with E-state index in [0.717, 1.165) is 38.9 Å². The maximum Gasteiger partial charge on any atom is 0.319 e. The van der Waals surface area contributed by atoms with Crippen molar-refractivity contribution in [2.75, 3.05) is 33.3 Å². The van der Waals surface area contributed by atoms with Gasteiger partial charge >= 0.3 is 5.97 Å². The van der Waals surface area contributed by atoms with Gasteiger partial charge in [0.05, 0.1) is 13.2 Å². The van der Waals surface area contributed by atoms with E-state index in [-0.39, 0.29) is 5.97 Å². The number of hydrogen-bond donors (Lipinski definition) is 1. The van der Waals surface area contributed by atoms with Crippen molar-refractivity contribution >= 4 is 5.97 Å². The van der Waals surface area contributed by atoms with E-state index < -0.39 is 0 Å². The van der Waals surface area contributed by atoms with Crippen LogP contribution in [0.25, 0.3) is 0 Å². The number of benzene rings is 1. The summed E-state index contributed by atoms with van der Waals surface area (Å²) < 4.78 is 5.08. The molecule has 0 bridgehead atoms. The van der Waals surface area contributed by atoms with Crippen molar-refractivity contribution in [3.05, 3.63) is 35.9 Å². The van der Waals surface area contributed by atoms with Crippen LogP contribution < -0.4 is 5.32 Å². The van der Waals surface area contributed by atoms with Crippen LogP contribution in [0.15, 0.2) is 30.3 Å². The third-order valence-corrected chi connectivity index (χ3v) is 3.22. The van der Waals surface area contributed by atoms with Gasteiger partial charge in [0.1, 0.15) is 0 Å². The topological polar surface area (TPSA) is 41.6 Å². The van der Waals surface area contributed by atoms with E-state index in [2.05, 4.69) is 48.5 Å². The molecule has 4 nitrogen and oxygen atoms in total. The average Bonchev–Trinajstić information content (AvgIpc) is 2.48. The second-order valence-electron chi connectivity index (χ2n) is 5.33. The first-order valence-corrected chi connectivity index (χ1v) is 7.81. The smallest absolute Gasteiger partial charge is 0.319 e. The van der Waals surface area contributed by atoms with Gasteiger partial charge in [0.25, 0.3) is 0 Å². The Balaban J connectivity index is 1.99. The van der Waals surface area contributed by atoms with Crippen molar-refractivity contribution in [3.63, 3.8) is 0 Å². The maximum absolute atomic E-state index is 11.4. The fraction of sp³-hybridized carbons (Fsp3) is 0.588. The van der Waals surface area contributed by atoms with Crippen LogP contribution in [0.5, 0.6) is 0 Å². The van der Waals surface area contributed by atoms with Crippen molar-refractivity contribution in [1.82, 2.24) is 10.2 Å². The average molecular weight is 292 g/mol. The molecule has 1 rings (SSSR count). The van der Waals surface area contributed by atoms with Crippen LogP contribution in [0.2, 0.25) is 0 Å². The molecule has 0 amide bonds. The van der Waals surface area contributed by atoms with Crippen LogP contribution in [0.4, 0.5) is 0 Å². The molecular formula is C17H28N2O2. The maximum atomic E-state index is 11.4. The number of ether oxygens (including phenoxy) is 1. The monoisotopic (exact) mass is 292 g/mol. The summed E-state index contributed by atoms with van der Waals surface area (Å²) in [7, 11) is 2.12. The Kier molecular flexibility index (Phi) is 9.49. The number of carbonyl (C=O) groups excluding carboxylic acids is 1. The minimum Gasteiger partial charge on any atom is -0.465 e. The van der Waals surface area contributed by atoms with Crippen molar-refractivity contribution in [1.29, 1.82) is 0 Å². The van der Waals surface area contributed by atoms with Gasteiger partial charge < -0.3 is 15.0 Å². The molecule has 21 heavy (non-hydrogen) atoms. The third-order valence-electron chi connectivity index (χ3n) is 3.22. The normalized spacial score (nSPS) is 10.8. The highest BCUT2D eigenvalue weighted by Gasteiger charge is 2.02. The summed E-state index contributed by atoms with van der Waals surface area (Å²) >= 11 is 0. The highest BCUT2D eigenvalue weighted by molar-refractivity contribution is 5.71. The Hall–Kier alpha value is -1.39. The largest absolute Gasteiger partial charge is 0.465 e. The zero-order chi connectivity index (χ0) is 15.3. The van der Waals surface area contributed by atoms with E-state index in [0.29, 0.717) is 13.2 Å². The number of hydrogen-bond acceptors (Lipinski definition) is 4. The van der Waals surface area contributed by atoms with E-state index in [1.807, 2.05) is 6.07 Å². The Morgan fingerprint density at radius 1 is 1.24 bits per heavy atom. The molecule has 0 heterocycles. The lowest BCUT2D eigenvalue weighted by Gasteiger charge is -2.16. The summed E-state index contributed by atoms with van der Waals surface area (Å²) in [6.45, 7) is 5.73. The molecule has 0 aliphatic rings. The van der Waals surface area contributed by atoms with Crippen LogP contribution in [0.1, 0.15) is 31.7 Å². The van der Waals surface area contributed by atoms with Crippen LogP contribution in [-0.2, 0) is 16.1 Å². The second kappa shape index (κ2) is 11.3. The standard InChI is InChI=1S/C17H28N2O2/c1-3-4-13-21-17(20)14-18-11-8-12-19(2)15-16-9-6-5-7-10-16/h5-7,9-10,18H,3-4,8,11-15H2,1-2H3. The van der Waals surface area contributed by atoms with E-state index in [1.165, 1.54) is 5.56 Å². The summed E-state index contributed by atoms with van der Waals surface area (Å²) in [5.74, 6) is -0.152. The Bertz CT molecular complexity index is 382. The van der Waals surface area contributed by atoms with Crippen molar-refractivity contribution in [3.8, 4) is 0 Å². The van der Waals surface area contributed by atoms with Gasteiger partial charge in [-0.05, 0) is 38.5 Å². The molecule has 118 valence electrons. The van der Waals surface area contributed by atoms with Gasteiger partial charge in [-0.15, -0.1) is 0 Å². The number of nitrogens with zero attached hydrogens (tertiary/aromatic N) is 1. The molecular weight excluding hydrogens is 264 g/mol. The lowest BCUT2D eigenvalue weighted by atomic mass is 10.2. The lowest BCUT2D eigenvalue weighted by Crippen LogP contribution is -2.28. The highest BCUT2D eigenvalue weighted by Crippen LogP contribution is 2.02. The number of carbonyl (C=O) groups is 1. The highest BCUT2D eigenvalue weighted by atomic mass is 16.5. The van der Waals surface area contributed by atoms with Gasteiger partial charge in [0, 0.05) is 6.54 Å². The van der Waals surface area contributed by atoms with Crippen molar-refractivity contribution in [2.45, 2.75) is 32.7 Å². The molecule has 0 atom stereocenters. The molecule has 1 aromatic rings. The molecule has 0 unspecified atom stereocenters. The third kappa shape index (κ3) is 9.21. The molecule has 1 N–H and O–H groups in total. The quantitative estimate of drug-likeness (QED) is 0.502. The molecule has 0 saturated carbocycles. The predicted octanol–water partition coefficient (Wildman–Crippen LogP) is 2.44. The summed E-state index contributed by atoms with van der Waals surface area (Å²) in [6.07, 6.45) is 3.01. The molecule has 0 aliphatic heterocycles. The van der Waals surface area contributed by atoms with Crippen LogP contribution in [0.3, 0.4) is 0 Å². The van der Waals surface area contributed by atoms with Gasteiger partial charge in [-0.3, -0.25) is 4.79 Å². The zero-order valence-corrected chi connectivity index (χ0v) is 13.3. The predicted molar refractivity (Wildman–Crippen MR) is 86.1 cm³/mol. The first kappa shape index (κ1) is 17.7. The van der Waals surface area contributed by atoms with Crippen molar-refractivity contribution < 1.29 is 9.53 Å². The van der Waals surface area contributed by atoms with Gasteiger partial charge in [-0.2, -0.15) is 0 Å². The zero-order valence-electron chi connectivity index (χ0n) is 13.3. The van der Waals surface area contributed by atoms with E-state index in [9.17, 15) is 4.79 Å². The summed E-state index contributed by atoms with van der Waals surface area (Å²) in [5.41, 5.74) is 1.33. The van der Waals surface area contributed by atoms with Gasteiger partial charge in [0.15, 0.2) is 0 Å². The van der Waals surface area contributed by atoms with Crippen LogP contribution in [-0.4, -0.2) is 44.2 Å². The molecule has 0 spiro atoms. The summed E-state index contributed by atoms with van der Waals surface area (Å²) in [6, 6.07) is 10.4. The summed E-state index contributed by atoms with van der Waals surface area (Å²) in [5, 5.41) is 3.13. The number of unbranched alkanes of at least 4 members (excludes halogenated alkanes) is 1. The number of rotatable bonds is 11.